The normalized spacial score (nSPS) is 17.0. The first-order valence-corrected chi connectivity index (χ1v) is 8.92. The van der Waals surface area contributed by atoms with Crippen molar-refractivity contribution in [1.82, 2.24) is 9.62 Å². The predicted octanol–water partition coefficient (Wildman–Crippen LogP) is 1.65. The van der Waals surface area contributed by atoms with Gasteiger partial charge in [0.15, 0.2) is 0 Å². The summed E-state index contributed by atoms with van der Waals surface area (Å²) in [4.78, 5) is 2.53. The SMILES string of the molecule is Cc1c(Cl)cccc1S(=O)(=O)NCCCN1CCOCC1. The van der Waals surface area contributed by atoms with Gasteiger partial charge in [-0.2, -0.15) is 0 Å². The number of benzene rings is 1. The van der Waals surface area contributed by atoms with Crippen molar-refractivity contribution in [2.24, 2.45) is 0 Å². The summed E-state index contributed by atoms with van der Waals surface area (Å²) in [6, 6.07) is 4.91. The maximum absolute atomic E-state index is 12.3. The summed E-state index contributed by atoms with van der Waals surface area (Å²) in [5.41, 5.74) is 0.583. The molecule has 2 rings (SSSR count). The summed E-state index contributed by atoms with van der Waals surface area (Å²) < 4.78 is 32.4. The van der Waals surface area contributed by atoms with Crippen molar-refractivity contribution in [3.05, 3.63) is 28.8 Å². The van der Waals surface area contributed by atoms with Crippen LogP contribution in [0.1, 0.15) is 12.0 Å². The van der Waals surface area contributed by atoms with Gasteiger partial charge in [0.2, 0.25) is 10.0 Å². The Morgan fingerprint density at radius 2 is 2.05 bits per heavy atom. The molecular formula is C14H21ClN2O3S. The fourth-order valence-electron chi connectivity index (χ4n) is 2.29. The van der Waals surface area contributed by atoms with E-state index in [0.717, 1.165) is 39.3 Å². The first-order chi connectivity index (χ1) is 10.0. The lowest BCUT2D eigenvalue weighted by atomic mass is 10.2. The Morgan fingerprint density at radius 1 is 1.33 bits per heavy atom. The van der Waals surface area contributed by atoms with Gasteiger partial charge in [-0.05, 0) is 37.6 Å². The zero-order valence-electron chi connectivity index (χ0n) is 12.1. The number of nitrogens with one attached hydrogen (secondary N) is 1. The van der Waals surface area contributed by atoms with Crippen LogP contribution in [0, 0.1) is 6.92 Å². The molecule has 0 atom stereocenters. The summed E-state index contributed by atoms with van der Waals surface area (Å²) >= 11 is 5.97. The van der Waals surface area contributed by atoms with Gasteiger partial charge in [-0.3, -0.25) is 4.90 Å². The zero-order valence-corrected chi connectivity index (χ0v) is 13.7. The van der Waals surface area contributed by atoms with Gasteiger partial charge in [-0.1, -0.05) is 17.7 Å². The molecule has 7 heteroatoms. The van der Waals surface area contributed by atoms with Gasteiger partial charge in [-0.25, -0.2) is 13.1 Å². The Balaban J connectivity index is 1.85. The van der Waals surface area contributed by atoms with Crippen molar-refractivity contribution in [2.45, 2.75) is 18.2 Å². The summed E-state index contributed by atoms with van der Waals surface area (Å²) in [6.45, 7) is 6.36. The topological polar surface area (TPSA) is 58.6 Å². The summed E-state index contributed by atoms with van der Waals surface area (Å²) in [5, 5.41) is 0.464. The number of morpholine rings is 1. The molecule has 0 radical (unpaired) electrons. The summed E-state index contributed by atoms with van der Waals surface area (Å²) in [6.07, 6.45) is 0.777. The van der Waals surface area contributed by atoms with Crippen molar-refractivity contribution in [1.29, 1.82) is 0 Å². The molecule has 0 bridgehead atoms. The van der Waals surface area contributed by atoms with Crippen LogP contribution in [-0.2, 0) is 14.8 Å². The Hall–Kier alpha value is -0.660. The standard InChI is InChI=1S/C14H21ClN2O3S/c1-12-13(15)4-2-5-14(12)21(18,19)16-6-3-7-17-8-10-20-11-9-17/h2,4-5,16H,3,6-11H2,1H3. The quantitative estimate of drug-likeness (QED) is 0.805. The maximum Gasteiger partial charge on any atom is 0.240 e. The van der Waals surface area contributed by atoms with Crippen LogP contribution >= 0.6 is 11.6 Å². The molecule has 5 nitrogen and oxygen atoms in total. The van der Waals surface area contributed by atoms with Crippen LogP contribution in [-0.4, -0.2) is 52.7 Å². The average Bonchev–Trinajstić information content (AvgIpc) is 2.47. The van der Waals surface area contributed by atoms with Crippen molar-refractivity contribution >= 4 is 21.6 Å². The number of halogens is 1. The van der Waals surface area contributed by atoms with Gasteiger partial charge in [0.05, 0.1) is 18.1 Å². The second-order valence-electron chi connectivity index (χ2n) is 5.07. The minimum atomic E-state index is -3.49. The van der Waals surface area contributed by atoms with Crippen LogP contribution in [0.3, 0.4) is 0 Å². The lowest BCUT2D eigenvalue weighted by Crippen LogP contribution is -2.38. The smallest absolute Gasteiger partial charge is 0.240 e. The van der Waals surface area contributed by atoms with Crippen molar-refractivity contribution < 1.29 is 13.2 Å². The number of hydrogen-bond donors (Lipinski definition) is 1. The molecule has 118 valence electrons. The van der Waals surface area contributed by atoms with E-state index in [-0.39, 0.29) is 4.90 Å². The minimum absolute atomic E-state index is 0.251. The zero-order chi connectivity index (χ0) is 15.3. The third-order valence-corrected chi connectivity index (χ3v) is 5.57. The number of sulfonamides is 1. The Morgan fingerprint density at radius 3 is 2.76 bits per heavy atom. The maximum atomic E-state index is 12.3. The van der Waals surface area contributed by atoms with Crippen molar-refractivity contribution in [2.75, 3.05) is 39.4 Å². The molecule has 0 unspecified atom stereocenters. The van der Waals surface area contributed by atoms with Crippen molar-refractivity contribution in [3.8, 4) is 0 Å². The van der Waals surface area contributed by atoms with E-state index in [4.69, 9.17) is 16.3 Å². The Labute approximate surface area is 131 Å². The van der Waals surface area contributed by atoms with Gasteiger partial charge in [-0.15, -0.1) is 0 Å². The number of rotatable bonds is 6. The van der Waals surface area contributed by atoms with Crippen LogP contribution < -0.4 is 4.72 Å². The van der Waals surface area contributed by atoms with E-state index in [1.807, 2.05) is 0 Å². The number of nitrogens with zero attached hydrogens (tertiary/aromatic N) is 1. The van der Waals surface area contributed by atoms with Gasteiger partial charge < -0.3 is 4.74 Å². The molecule has 1 aromatic rings. The van der Waals surface area contributed by atoms with Crippen LogP contribution in [0.2, 0.25) is 5.02 Å². The minimum Gasteiger partial charge on any atom is -0.379 e. The number of ether oxygens (including phenoxy) is 1. The van der Waals surface area contributed by atoms with Gasteiger partial charge in [0.1, 0.15) is 0 Å². The fraction of sp³-hybridized carbons (Fsp3) is 0.571. The first kappa shape index (κ1) is 16.7. The molecule has 1 saturated heterocycles. The highest BCUT2D eigenvalue weighted by Gasteiger charge is 2.17. The molecule has 1 heterocycles. The highest BCUT2D eigenvalue weighted by molar-refractivity contribution is 7.89. The highest BCUT2D eigenvalue weighted by Crippen LogP contribution is 2.22. The third kappa shape index (κ3) is 4.66. The lowest BCUT2D eigenvalue weighted by molar-refractivity contribution is 0.0376. The van der Waals surface area contributed by atoms with E-state index in [1.165, 1.54) is 0 Å². The van der Waals surface area contributed by atoms with Crippen LogP contribution in [0.15, 0.2) is 23.1 Å². The molecule has 1 fully saturated rings. The van der Waals surface area contributed by atoms with E-state index >= 15 is 0 Å². The first-order valence-electron chi connectivity index (χ1n) is 7.05. The lowest BCUT2D eigenvalue weighted by Gasteiger charge is -2.26. The molecule has 0 aromatic heterocycles. The summed E-state index contributed by atoms with van der Waals surface area (Å²) in [5.74, 6) is 0. The number of hydrogen-bond acceptors (Lipinski definition) is 4. The third-order valence-electron chi connectivity index (χ3n) is 3.55. The monoisotopic (exact) mass is 332 g/mol. The van der Waals surface area contributed by atoms with Crippen molar-refractivity contribution in [3.63, 3.8) is 0 Å². The second-order valence-corrected chi connectivity index (χ2v) is 7.21. The Kier molecular flexibility index (Phi) is 6.01. The predicted molar refractivity (Wildman–Crippen MR) is 83.3 cm³/mol. The molecular weight excluding hydrogens is 312 g/mol. The van der Waals surface area contributed by atoms with Gasteiger partial charge in [0.25, 0.3) is 0 Å². The molecule has 0 spiro atoms. The average molecular weight is 333 g/mol. The molecule has 0 aliphatic carbocycles. The molecule has 1 aliphatic rings. The van der Waals surface area contributed by atoms with E-state index in [1.54, 1.807) is 25.1 Å². The largest absolute Gasteiger partial charge is 0.379 e. The van der Waals surface area contributed by atoms with Gasteiger partial charge in [0, 0.05) is 24.7 Å². The molecule has 1 aliphatic heterocycles. The molecule has 1 N–H and O–H groups in total. The Bertz CT molecular complexity index is 572. The molecule has 0 amide bonds. The van der Waals surface area contributed by atoms with Gasteiger partial charge >= 0.3 is 0 Å². The van der Waals surface area contributed by atoms with Crippen LogP contribution in [0.5, 0.6) is 0 Å². The molecule has 21 heavy (non-hydrogen) atoms. The fourth-order valence-corrected chi connectivity index (χ4v) is 3.86. The molecule has 1 aromatic carbocycles. The van der Waals surface area contributed by atoms with E-state index < -0.39 is 10.0 Å². The van der Waals surface area contributed by atoms with E-state index in [2.05, 4.69) is 9.62 Å². The highest BCUT2D eigenvalue weighted by atomic mass is 35.5. The molecule has 0 saturated carbocycles. The van der Waals surface area contributed by atoms with E-state index in [0.29, 0.717) is 17.1 Å². The van der Waals surface area contributed by atoms with Crippen LogP contribution in [0.4, 0.5) is 0 Å². The van der Waals surface area contributed by atoms with E-state index in [9.17, 15) is 8.42 Å². The summed E-state index contributed by atoms with van der Waals surface area (Å²) in [7, 11) is -3.49. The van der Waals surface area contributed by atoms with Crippen LogP contribution in [0.25, 0.3) is 0 Å². The second kappa shape index (κ2) is 7.56.